The molecule has 162 valence electrons. The predicted octanol–water partition coefficient (Wildman–Crippen LogP) is 3.94. The van der Waals surface area contributed by atoms with Crippen molar-refractivity contribution >= 4 is 16.6 Å². The molecule has 2 bridgehead atoms. The zero-order valence-electron chi connectivity index (χ0n) is 18.2. The van der Waals surface area contributed by atoms with Gasteiger partial charge in [0.1, 0.15) is 5.82 Å². The highest BCUT2D eigenvalue weighted by Gasteiger charge is 2.30. The van der Waals surface area contributed by atoms with Crippen molar-refractivity contribution in [2.24, 2.45) is 0 Å². The summed E-state index contributed by atoms with van der Waals surface area (Å²) in [6.45, 7) is 4.46. The van der Waals surface area contributed by atoms with Gasteiger partial charge in [0.15, 0.2) is 0 Å². The monoisotopic (exact) mass is 425 g/mol. The topological polar surface area (TPSA) is 65.2 Å². The molecule has 3 saturated heterocycles. The van der Waals surface area contributed by atoms with Gasteiger partial charge in [-0.2, -0.15) is 5.26 Å². The standard InChI is InChI=1S/C26H27N5O/c27-17-18-3-1-4-19(15-18)25-28-24-8-7-22(30-14-13-29-11-9-20(30)10-12-29)16-23(24)26(32)31(25)21-5-2-6-21/h1,3-4,7-8,15-16,20-21H,2,5-6,9-14H2. The zero-order valence-corrected chi connectivity index (χ0v) is 18.2. The highest BCUT2D eigenvalue weighted by atomic mass is 16.1. The van der Waals surface area contributed by atoms with Crippen molar-refractivity contribution in [2.75, 3.05) is 31.1 Å². The Bertz CT molecular complexity index is 1280. The van der Waals surface area contributed by atoms with E-state index >= 15 is 0 Å². The van der Waals surface area contributed by atoms with Crippen molar-refractivity contribution in [1.29, 1.82) is 5.26 Å². The first-order chi connectivity index (χ1) is 15.7. The molecule has 3 aromatic rings. The Kier molecular flexibility index (Phi) is 4.73. The Morgan fingerprint density at radius 3 is 2.53 bits per heavy atom. The zero-order chi connectivity index (χ0) is 21.7. The highest BCUT2D eigenvalue weighted by Crippen LogP contribution is 2.35. The maximum atomic E-state index is 13.8. The number of anilines is 1. The van der Waals surface area contributed by atoms with Crippen LogP contribution in [-0.2, 0) is 0 Å². The van der Waals surface area contributed by atoms with Gasteiger partial charge >= 0.3 is 0 Å². The SMILES string of the molecule is N#Cc1cccc(-c2nc3ccc(N4CCN5CCC4CC5)cc3c(=O)n2C2CCC2)c1. The minimum atomic E-state index is 0.0433. The van der Waals surface area contributed by atoms with Crippen LogP contribution in [-0.4, -0.2) is 46.7 Å². The molecule has 7 rings (SSSR count). The first kappa shape index (κ1) is 19.5. The lowest BCUT2D eigenvalue weighted by Gasteiger charge is -2.33. The Hall–Kier alpha value is -3.17. The molecular formula is C26H27N5O. The van der Waals surface area contributed by atoms with Crippen LogP contribution in [0.15, 0.2) is 47.3 Å². The molecule has 0 radical (unpaired) electrons. The van der Waals surface area contributed by atoms with E-state index in [0.717, 1.165) is 49.1 Å². The van der Waals surface area contributed by atoms with Crippen LogP contribution in [0.2, 0.25) is 0 Å². The number of benzene rings is 2. The van der Waals surface area contributed by atoms with Crippen molar-refractivity contribution in [3.05, 3.63) is 58.4 Å². The minimum absolute atomic E-state index is 0.0433. The maximum Gasteiger partial charge on any atom is 0.261 e. The summed E-state index contributed by atoms with van der Waals surface area (Å²) >= 11 is 0. The normalized spacial score (nSPS) is 23.0. The fourth-order valence-corrected chi connectivity index (χ4v) is 5.51. The number of fused-ring (bicyclic) bond motifs is 5. The molecule has 4 heterocycles. The third kappa shape index (κ3) is 3.20. The number of hydrogen-bond donors (Lipinski definition) is 0. The van der Waals surface area contributed by atoms with E-state index in [-0.39, 0.29) is 11.6 Å². The molecule has 0 amide bonds. The van der Waals surface area contributed by atoms with E-state index in [2.05, 4.69) is 28.0 Å². The largest absolute Gasteiger partial charge is 0.367 e. The van der Waals surface area contributed by atoms with Crippen LogP contribution >= 0.6 is 0 Å². The minimum Gasteiger partial charge on any atom is -0.367 e. The lowest BCUT2D eigenvalue weighted by molar-refractivity contribution is 0.250. The Balaban J connectivity index is 1.50. The molecule has 0 N–H and O–H groups in total. The fourth-order valence-electron chi connectivity index (χ4n) is 5.51. The molecular weight excluding hydrogens is 398 g/mol. The number of hydrogen-bond acceptors (Lipinski definition) is 5. The quantitative estimate of drug-likeness (QED) is 0.636. The molecule has 2 aromatic carbocycles. The van der Waals surface area contributed by atoms with Gasteiger partial charge in [-0.05, 0) is 62.4 Å². The summed E-state index contributed by atoms with van der Waals surface area (Å²) in [7, 11) is 0. The van der Waals surface area contributed by atoms with Crippen LogP contribution in [0.25, 0.3) is 22.3 Å². The molecule has 1 aromatic heterocycles. The second-order valence-corrected chi connectivity index (χ2v) is 9.36. The molecule has 1 saturated carbocycles. The van der Waals surface area contributed by atoms with E-state index in [4.69, 9.17) is 4.98 Å². The first-order valence-corrected chi connectivity index (χ1v) is 11.8. The van der Waals surface area contributed by atoms with Gasteiger partial charge in [0, 0.05) is 49.5 Å². The third-order valence-electron chi connectivity index (χ3n) is 7.56. The Morgan fingerprint density at radius 1 is 0.938 bits per heavy atom. The van der Waals surface area contributed by atoms with E-state index in [1.807, 2.05) is 28.8 Å². The highest BCUT2D eigenvalue weighted by molar-refractivity contribution is 5.84. The third-order valence-corrected chi connectivity index (χ3v) is 7.56. The Morgan fingerprint density at radius 2 is 1.78 bits per heavy atom. The van der Waals surface area contributed by atoms with Gasteiger partial charge in [-0.15, -0.1) is 0 Å². The average molecular weight is 426 g/mol. The van der Waals surface area contributed by atoms with Gasteiger partial charge in [-0.3, -0.25) is 9.36 Å². The van der Waals surface area contributed by atoms with Gasteiger partial charge in [-0.25, -0.2) is 4.98 Å². The summed E-state index contributed by atoms with van der Waals surface area (Å²) in [5.41, 5.74) is 3.33. The average Bonchev–Trinajstić information content (AvgIpc) is 3.13. The van der Waals surface area contributed by atoms with Crippen molar-refractivity contribution in [3.8, 4) is 17.5 Å². The molecule has 6 nitrogen and oxygen atoms in total. The number of aromatic nitrogens is 2. The first-order valence-electron chi connectivity index (χ1n) is 11.8. The van der Waals surface area contributed by atoms with Crippen LogP contribution in [0.3, 0.4) is 0 Å². The van der Waals surface area contributed by atoms with Gasteiger partial charge in [0.25, 0.3) is 5.56 Å². The lowest BCUT2D eigenvalue weighted by Crippen LogP contribution is -2.38. The summed E-state index contributed by atoms with van der Waals surface area (Å²) in [6.07, 6.45) is 5.52. The predicted molar refractivity (Wildman–Crippen MR) is 126 cm³/mol. The molecule has 0 spiro atoms. The van der Waals surface area contributed by atoms with Gasteiger partial charge < -0.3 is 9.80 Å². The van der Waals surface area contributed by atoms with Crippen molar-refractivity contribution in [3.63, 3.8) is 0 Å². The number of rotatable bonds is 3. The molecule has 0 unspecified atom stereocenters. The molecule has 3 aliphatic heterocycles. The summed E-state index contributed by atoms with van der Waals surface area (Å²) < 4.78 is 1.89. The van der Waals surface area contributed by atoms with E-state index in [1.54, 1.807) is 6.07 Å². The van der Waals surface area contributed by atoms with Crippen LogP contribution < -0.4 is 10.5 Å². The molecule has 4 aliphatic rings. The Labute approximate surface area is 187 Å². The maximum absolute atomic E-state index is 13.8. The van der Waals surface area contributed by atoms with E-state index in [9.17, 15) is 10.1 Å². The summed E-state index contributed by atoms with van der Waals surface area (Å²) in [6, 6.07) is 16.6. The second-order valence-electron chi connectivity index (χ2n) is 9.36. The van der Waals surface area contributed by atoms with Crippen molar-refractivity contribution < 1.29 is 0 Å². The van der Waals surface area contributed by atoms with Crippen LogP contribution in [0.4, 0.5) is 5.69 Å². The van der Waals surface area contributed by atoms with Gasteiger partial charge in [0.2, 0.25) is 0 Å². The smallest absolute Gasteiger partial charge is 0.261 e. The van der Waals surface area contributed by atoms with Crippen LogP contribution in [0, 0.1) is 11.3 Å². The summed E-state index contributed by atoms with van der Waals surface area (Å²) in [5.74, 6) is 0.679. The molecule has 6 heteroatoms. The number of nitrogens with zero attached hydrogens (tertiary/aromatic N) is 5. The molecule has 0 atom stereocenters. The fraction of sp³-hybridized carbons (Fsp3) is 0.423. The number of nitriles is 1. The van der Waals surface area contributed by atoms with Crippen molar-refractivity contribution in [2.45, 2.75) is 44.2 Å². The van der Waals surface area contributed by atoms with E-state index in [1.165, 1.54) is 25.9 Å². The lowest BCUT2D eigenvalue weighted by atomic mass is 9.92. The molecule has 1 aliphatic carbocycles. The molecule has 32 heavy (non-hydrogen) atoms. The van der Waals surface area contributed by atoms with Gasteiger partial charge in [-0.1, -0.05) is 12.1 Å². The molecule has 4 fully saturated rings. The summed E-state index contributed by atoms with van der Waals surface area (Å²) in [4.78, 5) is 23.8. The van der Waals surface area contributed by atoms with Crippen LogP contribution in [0.1, 0.15) is 43.7 Å². The van der Waals surface area contributed by atoms with Gasteiger partial charge in [0.05, 0.1) is 22.5 Å². The van der Waals surface area contributed by atoms with Crippen molar-refractivity contribution in [1.82, 2.24) is 14.5 Å². The summed E-state index contributed by atoms with van der Waals surface area (Å²) in [5, 5.41) is 10.0. The van der Waals surface area contributed by atoms with E-state index < -0.39 is 0 Å². The van der Waals surface area contributed by atoms with Crippen LogP contribution in [0.5, 0.6) is 0 Å². The number of piperidine rings is 1. The van der Waals surface area contributed by atoms with E-state index in [0.29, 0.717) is 22.8 Å². The second kappa shape index (κ2) is 7.75.